The molecule has 1 fully saturated rings. The highest BCUT2D eigenvalue weighted by atomic mass is 16.2. The zero-order valence-electron chi connectivity index (χ0n) is 12.1. The molecule has 0 saturated carbocycles. The second-order valence-electron chi connectivity index (χ2n) is 6.22. The Balaban J connectivity index is 2.18. The van der Waals surface area contributed by atoms with Crippen LogP contribution in [-0.2, 0) is 10.3 Å². The Kier molecular flexibility index (Phi) is 3.95. The predicted molar refractivity (Wildman–Crippen MR) is 77.5 cm³/mol. The van der Waals surface area contributed by atoms with Crippen LogP contribution in [0.5, 0.6) is 0 Å². The van der Waals surface area contributed by atoms with Crippen molar-refractivity contribution in [3.05, 3.63) is 35.9 Å². The molecular formula is C16H24N2O. The van der Waals surface area contributed by atoms with E-state index in [1.165, 1.54) is 6.42 Å². The van der Waals surface area contributed by atoms with Gasteiger partial charge in [-0.2, -0.15) is 0 Å². The fraction of sp³-hybridized carbons (Fsp3) is 0.562. The summed E-state index contributed by atoms with van der Waals surface area (Å²) in [4.78, 5) is 14.6. The molecule has 1 aromatic carbocycles. The van der Waals surface area contributed by atoms with Gasteiger partial charge in [0, 0.05) is 13.1 Å². The van der Waals surface area contributed by atoms with E-state index in [-0.39, 0.29) is 5.91 Å². The largest absolute Gasteiger partial charge is 0.340 e. The van der Waals surface area contributed by atoms with E-state index in [1.54, 1.807) is 0 Å². The monoisotopic (exact) mass is 260 g/mol. The smallest absolute Gasteiger partial charge is 0.246 e. The van der Waals surface area contributed by atoms with Crippen molar-refractivity contribution >= 4 is 5.91 Å². The molecule has 3 nitrogen and oxygen atoms in total. The number of benzene rings is 1. The number of amides is 1. The molecule has 3 heteroatoms. The molecule has 1 heterocycles. The van der Waals surface area contributed by atoms with Gasteiger partial charge in [0.2, 0.25) is 5.91 Å². The standard InChI is InChI=1S/C16H24N2O/c1-12-9-13(2)11-18(10-12)15(19)16(3,17)14-7-5-4-6-8-14/h4-8,12-13H,9-11,17H2,1-3H3. The number of carbonyl (C=O) groups excluding carboxylic acids is 1. The normalized spacial score (nSPS) is 26.8. The van der Waals surface area contributed by atoms with E-state index in [2.05, 4.69) is 13.8 Å². The van der Waals surface area contributed by atoms with E-state index in [1.807, 2.05) is 42.2 Å². The van der Waals surface area contributed by atoms with Crippen molar-refractivity contribution in [2.75, 3.05) is 13.1 Å². The first-order valence-electron chi connectivity index (χ1n) is 7.05. The number of likely N-dealkylation sites (tertiary alicyclic amines) is 1. The molecule has 3 unspecified atom stereocenters. The van der Waals surface area contributed by atoms with E-state index in [9.17, 15) is 4.79 Å². The van der Waals surface area contributed by atoms with Crippen LogP contribution >= 0.6 is 0 Å². The molecule has 2 N–H and O–H groups in total. The van der Waals surface area contributed by atoms with E-state index >= 15 is 0 Å². The van der Waals surface area contributed by atoms with Gasteiger partial charge in [-0.05, 0) is 30.7 Å². The lowest BCUT2D eigenvalue weighted by Crippen LogP contribution is -2.54. The van der Waals surface area contributed by atoms with Gasteiger partial charge in [0.15, 0.2) is 0 Å². The molecular weight excluding hydrogens is 236 g/mol. The molecule has 104 valence electrons. The van der Waals surface area contributed by atoms with Gasteiger partial charge < -0.3 is 10.6 Å². The van der Waals surface area contributed by atoms with Crippen molar-refractivity contribution in [3.8, 4) is 0 Å². The van der Waals surface area contributed by atoms with Crippen LogP contribution in [0, 0.1) is 11.8 Å². The molecule has 1 aliphatic heterocycles. The van der Waals surface area contributed by atoms with E-state index in [4.69, 9.17) is 5.73 Å². The Bertz CT molecular complexity index is 431. The topological polar surface area (TPSA) is 46.3 Å². The fourth-order valence-corrected chi connectivity index (χ4v) is 3.07. The maximum absolute atomic E-state index is 12.7. The summed E-state index contributed by atoms with van der Waals surface area (Å²) < 4.78 is 0. The van der Waals surface area contributed by atoms with Crippen LogP contribution in [0.25, 0.3) is 0 Å². The van der Waals surface area contributed by atoms with Crippen LogP contribution in [0.4, 0.5) is 0 Å². The number of nitrogens with two attached hydrogens (primary N) is 1. The third kappa shape index (κ3) is 2.98. The summed E-state index contributed by atoms with van der Waals surface area (Å²) in [6.07, 6.45) is 1.19. The highest BCUT2D eigenvalue weighted by molar-refractivity contribution is 5.87. The van der Waals surface area contributed by atoms with Crippen LogP contribution in [0.15, 0.2) is 30.3 Å². The molecule has 2 rings (SSSR count). The Hall–Kier alpha value is -1.35. The number of hydrogen-bond acceptors (Lipinski definition) is 2. The lowest BCUT2D eigenvalue weighted by molar-refractivity contribution is -0.139. The molecule has 3 atom stereocenters. The Labute approximate surface area is 115 Å². The molecule has 19 heavy (non-hydrogen) atoms. The highest BCUT2D eigenvalue weighted by Gasteiger charge is 2.36. The lowest BCUT2D eigenvalue weighted by Gasteiger charge is -2.39. The Morgan fingerprint density at radius 2 is 1.74 bits per heavy atom. The van der Waals surface area contributed by atoms with E-state index < -0.39 is 5.54 Å². The van der Waals surface area contributed by atoms with Gasteiger partial charge in [0.1, 0.15) is 5.54 Å². The van der Waals surface area contributed by atoms with Crippen LogP contribution in [-0.4, -0.2) is 23.9 Å². The number of hydrogen-bond donors (Lipinski definition) is 1. The Morgan fingerprint density at radius 1 is 1.21 bits per heavy atom. The zero-order chi connectivity index (χ0) is 14.0. The van der Waals surface area contributed by atoms with Gasteiger partial charge >= 0.3 is 0 Å². The van der Waals surface area contributed by atoms with Crippen molar-refractivity contribution < 1.29 is 4.79 Å². The SMILES string of the molecule is CC1CC(C)CN(C(=O)C(C)(N)c2ccccc2)C1. The number of carbonyl (C=O) groups is 1. The molecule has 0 aliphatic carbocycles. The third-order valence-electron chi connectivity index (χ3n) is 3.97. The summed E-state index contributed by atoms with van der Waals surface area (Å²) >= 11 is 0. The first-order valence-corrected chi connectivity index (χ1v) is 7.05. The maximum atomic E-state index is 12.7. The average Bonchev–Trinajstić information content (AvgIpc) is 2.37. The van der Waals surface area contributed by atoms with Crippen molar-refractivity contribution in [2.45, 2.75) is 32.7 Å². The van der Waals surface area contributed by atoms with Crippen molar-refractivity contribution in [1.29, 1.82) is 0 Å². The second kappa shape index (κ2) is 5.33. The summed E-state index contributed by atoms with van der Waals surface area (Å²) in [6, 6.07) is 9.64. The first kappa shape index (κ1) is 14.1. The zero-order valence-corrected chi connectivity index (χ0v) is 12.1. The molecule has 0 radical (unpaired) electrons. The van der Waals surface area contributed by atoms with Gasteiger partial charge in [-0.3, -0.25) is 4.79 Å². The molecule has 0 aromatic heterocycles. The molecule has 1 aromatic rings. The lowest BCUT2D eigenvalue weighted by atomic mass is 9.87. The van der Waals surface area contributed by atoms with E-state index in [0.29, 0.717) is 11.8 Å². The van der Waals surface area contributed by atoms with Crippen LogP contribution in [0.2, 0.25) is 0 Å². The number of piperidine rings is 1. The third-order valence-corrected chi connectivity index (χ3v) is 3.97. The molecule has 0 bridgehead atoms. The van der Waals surface area contributed by atoms with Crippen LogP contribution in [0.3, 0.4) is 0 Å². The first-order chi connectivity index (χ1) is 8.91. The van der Waals surface area contributed by atoms with Crippen LogP contribution in [0.1, 0.15) is 32.8 Å². The van der Waals surface area contributed by atoms with Crippen molar-refractivity contribution in [2.24, 2.45) is 17.6 Å². The van der Waals surface area contributed by atoms with Crippen molar-refractivity contribution in [1.82, 2.24) is 4.90 Å². The molecule has 1 saturated heterocycles. The van der Waals surface area contributed by atoms with Crippen molar-refractivity contribution in [3.63, 3.8) is 0 Å². The van der Waals surface area contributed by atoms with Gasteiger partial charge in [-0.1, -0.05) is 44.2 Å². The molecule has 0 spiro atoms. The highest BCUT2D eigenvalue weighted by Crippen LogP contribution is 2.26. The summed E-state index contributed by atoms with van der Waals surface area (Å²) in [5, 5.41) is 0. The van der Waals surface area contributed by atoms with E-state index in [0.717, 1.165) is 18.7 Å². The Morgan fingerprint density at radius 3 is 2.26 bits per heavy atom. The number of rotatable bonds is 2. The quantitative estimate of drug-likeness (QED) is 0.887. The second-order valence-corrected chi connectivity index (χ2v) is 6.22. The molecule has 1 aliphatic rings. The maximum Gasteiger partial charge on any atom is 0.246 e. The number of nitrogens with zero attached hydrogens (tertiary/aromatic N) is 1. The minimum absolute atomic E-state index is 0.0390. The van der Waals surface area contributed by atoms with Gasteiger partial charge in [0.25, 0.3) is 0 Å². The predicted octanol–water partition coefficient (Wildman–Crippen LogP) is 2.37. The minimum atomic E-state index is -0.933. The summed E-state index contributed by atoms with van der Waals surface area (Å²) in [6.45, 7) is 7.86. The molecule has 1 amide bonds. The van der Waals surface area contributed by atoms with Gasteiger partial charge in [-0.25, -0.2) is 0 Å². The summed E-state index contributed by atoms with van der Waals surface area (Å²) in [5.74, 6) is 1.15. The average molecular weight is 260 g/mol. The fourth-order valence-electron chi connectivity index (χ4n) is 3.07. The van der Waals surface area contributed by atoms with Crippen LogP contribution < -0.4 is 5.73 Å². The summed E-state index contributed by atoms with van der Waals surface area (Å²) in [7, 11) is 0. The van der Waals surface area contributed by atoms with Gasteiger partial charge in [-0.15, -0.1) is 0 Å². The summed E-state index contributed by atoms with van der Waals surface area (Å²) in [5.41, 5.74) is 6.26. The van der Waals surface area contributed by atoms with Gasteiger partial charge in [0.05, 0.1) is 0 Å². The minimum Gasteiger partial charge on any atom is -0.340 e.